The summed E-state index contributed by atoms with van der Waals surface area (Å²) in [7, 11) is 0. The highest BCUT2D eigenvalue weighted by molar-refractivity contribution is 9.10. The van der Waals surface area contributed by atoms with Crippen molar-refractivity contribution < 1.29 is 17.6 Å². The molecule has 0 radical (unpaired) electrons. The van der Waals surface area contributed by atoms with Gasteiger partial charge in [-0.05, 0) is 34.1 Å². The molecule has 0 aliphatic rings. The number of hydrogen-bond acceptors (Lipinski definition) is 5. The van der Waals surface area contributed by atoms with Gasteiger partial charge in [0.15, 0.2) is 0 Å². The molecule has 3 aromatic heterocycles. The number of fused-ring (bicyclic) bond motifs is 1. The lowest BCUT2D eigenvalue weighted by Crippen LogP contribution is -2.17. The second-order valence-electron chi connectivity index (χ2n) is 5.58. The van der Waals surface area contributed by atoms with Crippen LogP contribution in [0, 0.1) is 5.82 Å². The molecule has 0 unspecified atom stereocenters. The maximum absolute atomic E-state index is 13.8. The lowest BCUT2D eigenvalue weighted by atomic mass is 10.2. The zero-order valence-electron chi connectivity index (χ0n) is 13.3. The van der Waals surface area contributed by atoms with E-state index >= 15 is 0 Å². The molecule has 3 heterocycles. The highest BCUT2D eigenvalue weighted by Gasteiger charge is 2.17. The van der Waals surface area contributed by atoms with Crippen molar-refractivity contribution in [1.29, 1.82) is 0 Å². The van der Waals surface area contributed by atoms with Gasteiger partial charge < -0.3 is 9.40 Å². The van der Waals surface area contributed by atoms with Gasteiger partial charge in [-0.3, -0.25) is 9.55 Å². The Balaban J connectivity index is 1.64. The third kappa shape index (κ3) is 3.25. The van der Waals surface area contributed by atoms with E-state index in [1.165, 1.54) is 22.9 Å². The van der Waals surface area contributed by atoms with Gasteiger partial charge in [0, 0.05) is 12.3 Å². The van der Waals surface area contributed by atoms with Gasteiger partial charge in [0.25, 0.3) is 5.89 Å². The zero-order chi connectivity index (χ0) is 19.1. The molecule has 0 saturated heterocycles. The molecule has 1 aromatic carbocycles. The van der Waals surface area contributed by atoms with Crippen LogP contribution in [-0.2, 0) is 6.54 Å². The molecule has 4 aromatic rings. The molecule has 11 heteroatoms. The first-order valence-electron chi connectivity index (χ1n) is 7.57. The van der Waals surface area contributed by atoms with Crippen molar-refractivity contribution in [3.8, 4) is 11.5 Å². The van der Waals surface area contributed by atoms with Crippen LogP contribution < -0.4 is 5.69 Å². The van der Waals surface area contributed by atoms with Gasteiger partial charge in [-0.1, -0.05) is 0 Å². The molecule has 0 spiro atoms. The van der Waals surface area contributed by atoms with Gasteiger partial charge in [0.05, 0.1) is 33.3 Å². The number of benzene rings is 1. The summed E-state index contributed by atoms with van der Waals surface area (Å²) >= 11 is 3.07. The standard InChI is InChI=1S/C16H9BrF3N5O2/c17-9-3-11-12(4-10(9)18)25(16(26)22-11)6-8-2-1-7(5-21-8)14-23-24-15(27-14)13(19)20/h1-5,13H,6H2,(H,22,26). The molecule has 4 rings (SSSR count). The summed E-state index contributed by atoms with van der Waals surface area (Å²) in [6.07, 6.45) is -1.48. The Morgan fingerprint density at radius 1 is 1.26 bits per heavy atom. The van der Waals surface area contributed by atoms with Gasteiger partial charge in [0.1, 0.15) is 5.82 Å². The summed E-state index contributed by atoms with van der Waals surface area (Å²) in [6, 6.07) is 5.87. The van der Waals surface area contributed by atoms with E-state index in [1.807, 2.05) is 0 Å². The molecule has 0 saturated carbocycles. The fraction of sp³-hybridized carbons (Fsp3) is 0.125. The van der Waals surface area contributed by atoms with Crippen LogP contribution in [-0.4, -0.2) is 24.7 Å². The van der Waals surface area contributed by atoms with Crippen LogP contribution in [0.15, 0.2) is 44.1 Å². The predicted molar refractivity (Wildman–Crippen MR) is 91.8 cm³/mol. The summed E-state index contributed by atoms with van der Waals surface area (Å²) in [6.45, 7) is 0.0896. The third-order valence-electron chi connectivity index (χ3n) is 3.84. The lowest BCUT2D eigenvalue weighted by Gasteiger charge is -2.04. The molecule has 1 N–H and O–H groups in total. The predicted octanol–water partition coefficient (Wildman–Crippen LogP) is 3.66. The fourth-order valence-electron chi connectivity index (χ4n) is 2.55. The minimum atomic E-state index is -2.85. The van der Waals surface area contributed by atoms with E-state index in [0.29, 0.717) is 22.3 Å². The number of rotatable bonds is 4. The monoisotopic (exact) mass is 439 g/mol. The number of hydrogen-bond donors (Lipinski definition) is 1. The normalized spacial score (nSPS) is 11.6. The third-order valence-corrected chi connectivity index (χ3v) is 4.44. The van der Waals surface area contributed by atoms with Gasteiger partial charge in [0.2, 0.25) is 5.89 Å². The Morgan fingerprint density at radius 3 is 2.74 bits per heavy atom. The molecular formula is C16H9BrF3N5O2. The molecule has 0 atom stereocenters. The second kappa shape index (κ2) is 6.65. The Bertz CT molecular complexity index is 1180. The zero-order valence-corrected chi connectivity index (χ0v) is 14.9. The van der Waals surface area contributed by atoms with Crippen LogP contribution >= 0.6 is 15.9 Å². The number of H-pyrrole nitrogens is 1. The van der Waals surface area contributed by atoms with E-state index in [9.17, 15) is 18.0 Å². The summed E-state index contributed by atoms with van der Waals surface area (Å²) < 4.78 is 45.3. The highest BCUT2D eigenvalue weighted by atomic mass is 79.9. The number of pyridine rings is 1. The summed E-state index contributed by atoms with van der Waals surface area (Å²) in [5, 5.41) is 6.80. The Hall–Kier alpha value is -2.95. The SMILES string of the molecule is O=c1[nH]c2cc(Br)c(F)cc2n1Cc1ccc(-c2nnc(C(F)F)o2)cn1. The lowest BCUT2D eigenvalue weighted by molar-refractivity contribution is 0.116. The Morgan fingerprint density at radius 2 is 2.07 bits per heavy atom. The van der Waals surface area contributed by atoms with Gasteiger partial charge in [-0.15, -0.1) is 10.2 Å². The van der Waals surface area contributed by atoms with Crippen LogP contribution in [0.25, 0.3) is 22.5 Å². The van der Waals surface area contributed by atoms with E-state index in [0.717, 1.165) is 0 Å². The second-order valence-corrected chi connectivity index (χ2v) is 6.44. The fourth-order valence-corrected chi connectivity index (χ4v) is 2.90. The molecule has 0 bridgehead atoms. The molecule has 0 aliphatic heterocycles. The molecule has 27 heavy (non-hydrogen) atoms. The van der Waals surface area contributed by atoms with E-state index < -0.39 is 23.8 Å². The van der Waals surface area contributed by atoms with Crippen LogP contribution in [0.2, 0.25) is 0 Å². The van der Waals surface area contributed by atoms with Crippen LogP contribution in [0.4, 0.5) is 13.2 Å². The van der Waals surface area contributed by atoms with Gasteiger partial charge >= 0.3 is 12.1 Å². The largest absolute Gasteiger partial charge is 0.415 e. The van der Waals surface area contributed by atoms with Crippen LogP contribution in [0.5, 0.6) is 0 Å². The number of nitrogens with one attached hydrogen (secondary N) is 1. The average Bonchev–Trinajstić information content (AvgIpc) is 3.23. The summed E-state index contributed by atoms with van der Waals surface area (Å²) in [4.78, 5) is 19.0. The quantitative estimate of drug-likeness (QED) is 0.523. The molecule has 7 nitrogen and oxygen atoms in total. The number of imidazole rings is 1. The van der Waals surface area contributed by atoms with Crippen molar-refractivity contribution in [3.63, 3.8) is 0 Å². The molecule has 0 amide bonds. The van der Waals surface area contributed by atoms with Crippen molar-refractivity contribution in [2.24, 2.45) is 0 Å². The average molecular weight is 440 g/mol. The minimum absolute atomic E-state index is 0.0828. The molecule has 0 fully saturated rings. The van der Waals surface area contributed by atoms with Crippen LogP contribution in [0.1, 0.15) is 18.0 Å². The van der Waals surface area contributed by atoms with Crippen molar-refractivity contribution in [1.82, 2.24) is 24.7 Å². The van der Waals surface area contributed by atoms with Crippen molar-refractivity contribution in [3.05, 3.63) is 62.8 Å². The van der Waals surface area contributed by atoms with E-state index in [4.69, 9.17) is 4.42 Å². The first-order valence-corrected chi connectivity index (χ1v) is 8.36. The van der Waals surface area contributed by atoms with Gasteiger partial charge in [-0.2, -0.15) is 8.78 Å². The number of halogens is 4. The first kappa shape index (κ1) is 17.5. The van der Waals surface area contributed by atoms with Crippen LogP contribution in [0.3, 0.4) is 0 Å². The van der Waals surface area contributed by atoms with Crippen molar-refractivity contribution >= 4 is 27.0 Å². The number of alkyl halides is 2. The minimum Gasteiger partial charge on any atom is -0.415 e. The number of aromatic amines is 1. The maximum atomic E-state index is 13.8. The smallest absolute Gasteiger partial charge is 0.326 e. The molecule has 0 aliphatic carbocycles. The molecule has 138 valence electrons. The Kier molecular flexibility index (Phi) is 4.30. The molecular weight excluding hydrogens is 431 g/mol. The summed E-state index contributed by atoms with van der Waals surface area (Å²) in [5.41, 5.74) is 1.32. The summed E-state index contributed by atoms with van der Waals surface area (Å²) in [5.74, 6) is -1.35. The number of nitrogens with zero attached hydrogens (tertiary/aromatic N) is 4. The topological polar surface area (TPSA) is 89.6 Å². The van der Waals surface area contributed by atoms with Gasteiger partial charge in [-0.25, -0.2) is 9.18 Å². The van der Waals surface area contributed by atoms with E-state index in [-0.39, 0.29) is 16.9 Å². The van der Waals surface area contributed by atoms with Crippen molar-refractivity contribution in [2.45, 2.75) is 13.0 Å². The Labute approximate surface area is 157 Å². The maximum Gasteiger partial charge on any atom is 0.326 e. The highest BCUT2D eigenvalue weighted by Crippen LogP contribution is 2.24. The van der Waals surface area contributed by atoms with E-state index in [2.05, 4.69) is 36.1 Å². The first-order chi connectivity index (χ1) is 12.9. The van der Waals surface area contributed by atoms with Crippen molar-refractivity contribution in [2.75, 3.05) is 0 Å². The van der Waals surface area contributed by atoms with E-state index in [1.54, 1.807) is 12.1 Å². The number of aromatic nitrogens is 5.